The lowest BCUT2D eigenvalue weighted by Gasteiger charge is -2.40. The summed E-state index contributed by atoms with van der Waals surface area (Å²) in [6.07, 6.45) is 6.72. The summed E-state index contributed by atoms with van der Waals surface area (Å²) < 4.78 is 1.89. The Balaban J connectivity index is 2.25. The van der Waals surface area contributed by atoms with Crippen LogP contribution in [-0.2, 0) is 0 Å². The van der Waals surface area contributed by atoms with Crippen LogP contribution in [0.3, 0.4) is 0 Å². The molecule has 0 radical (unpaired) electrons. The zero-order valence-corrected chi connectivity index (χ0v) is 13.5. The lowest BCUT2D eigenvalue weighted by molar-refractivity contribution is 0.152. The van der Waals surface area contributed by atoms with E-state index in [0.717, 1.165) is 8.81 Å². The molecule has 1 unspecified atom stereocenters. The van der Waals surface area contributed by atoms with Crippen molar-refractivity contribution >= 4 is 38.9 Å². The quantitative estimate of drug-likeness (QED) is 0.779. The Kier molecular flexibility index (Phi) is 4.56. The summed E-state index contributed by atoms with van der Waals surface area (Å²) in [7, 11) is 2.06. The van der Waals surface area contributed by atoms with Gasteiger partial charge in [0.2, 0.25) is 0 Å². The van der Waals surface area contributed by atoms with E-state index >= 15 is 0 Å². The van der Waals surface area contributed by atoms with Crippen molar-refractivity contribution in [1.29, 1.82) is 0 Å². The van der Waals surface area contributed by atoms with Crippen LogP contribution in [0.2, 0.25) is 4.34 Å². The van der Waals surface area contributed by atoms with Gasteiger partial charge in [0.25, 0.3) is 0 Å². The predicted molar refractivity (Wildman–Crippen MR) is 80.0 cm³/mol. The smallest absolute Gasteiger partial charge is 0.107 e. The Morgan fingerprint density at radius 3 is 2.53 bits per heavy atom. The fraction of sp³-hybridized carbons (Fsp3) is 0.692. The monoisotopic (exact) mass is 335 g/mol. The molecule has 1 aromatic heterocycles. The van der Waals surface area contributed by atoms with Gasteiger partial charge >= 0.3 is 0 Å². The molecule has 1 atom stereocenters. The van der Waals surface area contributed by atoms with Gasteiger partial charge in [-0.1, -0.05) is 37.8 Å². The second-order valence-electron chi connectivity index (χ2n) is 5.21. The third kappa shape index (κ3) is 2.89. The molecule has 4 heteroatoms. The Morgan fingerprint density at radius 2 is 2.06 bits per heavy atom. The van der Waals surface area contributed by atoms with Crippen molar-refractivity contribution in [3.05, 3.63) is 19.8 Å². The van der Waals surface area contributed by atoms with E-state index in [9.17, 15) is 0 Å². The maximum Gasteiger partial charge on any atom is 0.107 e. The maximum atomic E-state index is 6.16. The molecule has 0 saturated heterocycles. The van der Waals surface area contributed by atoms with Gasteiger partial charge in [-0.3, -0.25) is 0 Å². The van der Waals surface area contributed by atoms with Crippen molar-refractivity contribution < 1.29 is 0 Å². The minimum Gasteiger partial charge on any atom is -0.312 e. The molecule has 1 heterocycles. The first kappa shape index (κ1) is 13.9. The third-order valence-corrected chi connectivity index (χ3v) is 6.47. The molecule has 0 spiro atoms. The Morgan fingerprint density at radius 1 is 1.41 bits per heavy atom. The Hall–Kier alpha value is 0.430. The standard InChI is InChI=1S/C13H19BrClNS/c1-13(6-4-3-5-7-13)11(16-2)10-8-9(14)12(15)17-10/h8,11,16H,3-7H2,1-2H3. The lowest BCUT2D eigenvalue weighted by Crippen LogP contribution is -2.35. The van der Waals surface area contributed by atoms with Crippen LogP contribution in [-0.4, -0.2) is 7.05 Å². The lowest BCUT2D eigenvalue weighted by atomic mass is 9.70. The van der Waals surface area contributed by atoms with Crippen molar-refractivity contribution in [3.63, 3.8) is 0 Å². The van der Waals surface area contributed by atoms with Crippen LogP contribution in [0.15, 0.2) is 10.5 Å². The summed E-state index contributed by atoms with van der Waals surface area (Å²) in [6, 6.07) is 2.60. The van der Waals surface area contributed by atoms with Crippen LogP contribution in [0.4, 0.5) is 0 Å². The molecular formula is C13H19BrClNS. The first-order valence-electron chi connectivity index (χ1n) is 6.19. The van der Waals surface area contributed by atoms with Gasteiger partial charge in [0.15, 0.2) is 0 Å². The van der Waals surface area contributed by atoms with Gasteiger partial charge in [-0.05, 0) is 47.3 Å². The van der Waals surface area contributed by atoms with E-state index in [2.05, 4.69) is 41.3 Å². The molecule has 1 saturated carbocycles. The number of halogens is 2. The van der Waals surface area contributed by atoms with Gasteiger partial charge in [0.1, 0.15) is 4.34 Å². The molecule has 17 heavy (non-hydrogen) atoms. The van der Waals surface area contributed by atoms with Crippen molar-refractivity contribution in [2.24, 2.45) is 5.41 Å². The molecular weight excluding hydrogens is 318 g/mol. The van der Waals surface area contributed by atoms with Crippen molar-refractivity contribution in [1.82, 2.24) is 5.32 Å². The van der Waals surface area contributed by atoms with Gasteiger partial charge in [-0.25, -0.2) is 0 Å². The zero-order valence-electron chi connectivity index (χ0n) is 10.4. The largest absolute Gasteiger partial charge is 0.312 e. The highest BCUT2D eigenvalue weighted by Gasteiger charge is 2.36. The van der Waals surface area contributed by atoms with E-state index in [-0.39, 0.29) is 0 Å². The molecule has 1 N–H and O–H groups in total. The molecule has 0 amide bonds. The minimum atomic E-state index is 0.376. The number of hydrogen-bond acceptors (Lipinski definition) is 2. The molecule has 1 nitrogen and oxygen atoms in total. The minimum absolute atomic E-state index is 0.376. The fourth-order valence-electron chi connectivity index (χ4n) is 2.99. The molecule has 0 aliphatic heterocycles. The number of nitrogens with one attached hydrogen (secondary N) is 1. The van der Waals surface area contributed by atoms with Crippen LogP contribution < -0.4 is 5.32 Å². The van der Waals surface area contributed by atoms with Crippen LogP contribution in [0.25, 0.3) is 0 Å². The molecule has 0 aromatic carbocycles. The maximum absolute atomic E-state index is 6.16. The highest BCUT2D eigenvalue weighted by atomic mass is 79.9. The van der Waals surface area contributed by atoms with E-state index in [4.69, 9.17) is 11.6 Å². The second kappa shape index (κ2) is 5.60. The summed E-state index contributed by atoms with van der Waals surface area (Å²) in [5.74, 6) is 0. The predicted octanol–water partition coefficient (Wildman–Crippen LogP) is 5.39. The van der Waals surface area contributed by atoms with Crippen molar-refractivity contribution in [2.75, 3.05) is 7.05 Å². The summed E-state index contributed by atoms with van der Waals surface area (Å²) in [6.45, 7) is 2.41. The molecule has 2 rings (SSSR count). The Bertz CT molecular complexity index is 365. The molecule has 1 aromatic rings. The summed E-state index contributed by atoms with van der Waals surface area (Å²) in [5.41, 5.74) is 0.376. The summed E-state index contributed by atoms with van der Waals surface area (Å²) in [5, 5.41) is 3.50. The van der Waals surface area contributed by atoms with E-state index in [1.165, 1.54) is 37.0 Å². The fourth-order valence-corrected chi connectivity index (χ4v) is 5.01. The van der Waals surface area contributed by atoms with E-state index in [1.54, 1.807) is 11.3 Å². The average molecular weight is 337 g/mol. The van der Waals surface area contributed by atoms with Crippen LogP contribution >= 0.6 is 38.9 Å². The van der Waals surface area contributed by atoms with E-state index in [0.29, 0.717) is 11.5 Å². The number of hydrogen-bond donors (Lipinski definition) is 1. The SMILES string of the molecule is CNC(c1cc(Br)c(Cl)s1)C1(C)CCCCC1. The highest BCUT2D eigenvalue weighted by molar-refractivity contribution is 9.10. The number of thiophene rings is 1. The van der Waals surface area contributed by atoms with Gasteiger partial charge in [0.05, 0.1) is 0 Å². The van der Waals surface area contributed by atoms with Gasteiger partial charge in [0, 0.05) is 15.4 Å². The number of rotatable bonds is 3. The highest BCUT2D eigenvalue weighted by Crippen LogP contribution is 2.48. The van der Waals surface area contributed by atoms with Crippen molar-refractivity contribution in [3.8, 4) is 0 Å². The van der Waals surface area contributed by atoms with Crippen LogP contribution in [0.5, 0.6) is 0 Å². The zero-order chi connectivity index (χ0) is 12.5. The summed E-state index contributed by atoms with van der Waals surface area (Å²) in [4.78, 5) is 1.36. The average Bonchev–Trinajstić information content (AvgIpc) is 2.60. The third-order valence-electron chi connectivity index (χ3n) is 3.93. The molecule has 1 aliphatic rings. The van der Waals surface area contributed by atoms with Crippen LogP contribution in [0, 0.1) is 5.41 Å². The Labute approximate surface area is 121 Å². The van der Waals surface area contributed by atoms with Crippen molar-refractivity contribution in [2.45, 2.75) is 45.1 Å². The van der Waals surface area contributed by atoms with Crippen LogP contribution in [0.1, 0.15) is 49.9 Å². The van der Waals surface area contributed by atoms with E-state index in [1.807, 2.05) is 0 Å². The molecule has 96 valence electrons. The van der Waals surface area contributed by atoms with Gasteiger partial charge in [-0.15, -0.1) is 11.3 Å². The first-order chi connectivity index (χ1) is 8.07. The molecule has 1 aliphatic carbocycles. The van der Waals surface area contributed by atoms with E-state index < -0.39 is 0 Å². The topological polar surface area (TPSA) is 12.0 Å². The van der Waals surface area contributed by atoms with Gasteiger partial charge in [-0.2, -0.15) is 0 Å². The van der Waals surface area contributed by atoms with Gasteiger partial charge < -0.3 is 5.32 Å². The second-order valence-corrected chi connectivity index (χ2v) is 7.75. The molecule has 0 bridgehead atoms. The normalized spacial score (nSPS) is 21.4. The summed E-state index contributed by atoms with van der Waals surface area (Å²) >= 11 is 11.4. The molecule has 1 fully saturated rings. The first-order valence-corrected chi connectivity index (χ1v) is 8.17.